The summed E-state index contributed by atoms with van der Waals surface area (Å²) in [5, 5.41) is 5.30. The number of fused-ring (bicyclic) bond motifs is 6. The molecule has 0 fully saturated rings. The topological polar surface area (TPSA) is 0 Å². The predicted molar refractivity (Wildman–Crippen MR) is 174 cm³/mol. The van der Waals surface area contributed by atoms with E-state index in [1.165, 1.54) is 54.9 Å². The average Bonchev–Trinajstić information content (AvgIpc) is 3.52. The molecule has 40 heavy (non-hydrogen) atoms. The van der Waals surface area contributed by atoms with Crippen LogP contribution in [0.15, 0.2) is 114 Å². The van der Waals surface area contributed by atoms with Gasteiger partial charge >= 0.3 is 26.2 Å². The maximum Gasteiger partial charge on any atom is 3.00 e. The van der Waals surface area contributed by atoms with Gasteiger partial charge in [-0.25, -0.2) is 0 Å². The average molecular weight is 657 g/mol. The van der Waals surface area contributed by atoms with Gasteiger partial charge in [0.25, 0.3) is 0 Å². The maximum absolute atomic E-state index is 3.46. The Morgan fingerprint density at radius 2 is 1.00 bits per heavy atom. The van der Waals surface area contributed by atoms with Crippen LogP contribution in [0.5, 0.6) is 0 Å². The Hall–Kier alpha value is -2.22. The molecule has 2 aliphatic carbocycles. The summed E-state index contributed by atoms with van der Waals surface area (Å²) >= 11 is 0. The van der Waals surface area contributed by atoms with E-state index >= 15 is 0 Å². The molecule has 0 nitrogen and oxygen atoms in total. The molecule has 0 aromatic heterocycles. The SMILES string of the molecule is CC1=[C-]c2c(ccc3ccccc23)C1.CC1=[C-]c2c(ccc3ccccc23)C1.CC[Si].Cl.Cl.[Zr+3].[c-]1ccccc1. The van der Waals surface area contributed by atoms with Gasteiger partial charge in [-0.3, -0.25) is 0 Å². The number of halogens is 2. The van der Waals surface area contributed by atoms with Crippen molar-refractivity contribution in [2.24, 2.45) is 0 Å². The van der Waals surface area contributed by atoms with Crippen molar-refractivity contribution in [3.63, 3.8) is 0 Å². The predicted octanol–water partition coefficient (Wildman–Crippen LogP) is 9.91. The van der Waals surface area contributed by atoms with E-state index < -0.39 is 0 Å². The van der Waals surface area contributed by atoms with Gasteiger partial charge in [0.1, 0.15) is 0 Å². The van der Waals surface area contributed by atoms with Crippen LogP contribution in [0.1, 0.15) is 43.0 Å². The molecule has 5 aromatic rings. The first-order valence-electron chi connectivity index (χ1n) is 12.9. The summed E-state index contributed by atoms with van der Waals surface area (Å²) in [5.41, 5.74) is 8.14. The largest absolute Gasteiger partial charge is 3.00 e. The van der Waals surface area contributed by atoms with Gasteiger partial charge in [0.05, 0.1) is 0 Å². The first-order valence-corrected chi connectivity index (χ1v) is 13.6. The van der Waals surface area contributed by atoms with Gasteiger partial charge in [0.2, 0.25) is 0 Å². The van der Waals surface area contributed by atoms with Gasteiger partial charge in [0.15, 0.2) is 0 Å². The molecule has 0 unspecified atom stereocenters. The van der Waals surface area contributed by atoms with Crippen LogP contribution in [0.3, 0.4) is 0 Å². The van der Waals surface area contributed by atoms with Crippen molar-refractivity contribution >= 4 is 56.6 Å². The van der Waals surface area contributed by atoms with E-state index in [4.69, 9.17) is 0 Å². The van der Waals surface area contributed by atoms with E-state index in [1.54, 1.807) is 0 Å². The Kier molecular flexibility index (Phi) is 16.3. The van der Waals surface area contributed by atoms with Crippen LogP contribution >= 0.6 is 24.8 Å². The van der Waals surface area contributed by atoms with Crippen LogP contribution in [-0.4, -0.2) is 10.2 Å². The van der Waals surface area contributed by atoms with Gasteiger partial charge in [-0.1, -0.05) is 99.0 Å². The summed E-state index contributed by atoms with van der Waals surface area (Å²) in [4.78, 5) is 0. The molecule has 4 heteroatoms. The van der Waals surface area contributed by atoms with Crippen molar-refractivity contribution in [1.82, 2.24) is 0 Å². The Morgan fingerprint density at radius 1 is 0.600 bits per heavy atom. The third-order valence-corrected chi connectivity index (χ3v) is 6.23. The zero-order valence-corrected chi connectivity index (χ0v) is 28.3. The van der Waals surface area contributed by atoms with E-state index in [9.17, 15) is 0 Å². The van der Waals surface area contributed by atoms with Crippen molar-refractivity contribution in [1.29, 1.82) is 0 Å². The monoisotopic (exact) mass is 654 g/mol. The molecular formula is C36H34Cl2SiZr. The first kappa shape index (κ1) is 35.8. The summed E-state index contributed by atoms with van der Waals surface area (Å²) in [7, 11) is 3.18. The Balaban J connectivity index is 0.000000292. The minimum atomic E-state index is 0. The third kappa shape index (κ3) is 9.42. The zero-order valence-electron chi connectivity index (χ0n) is 23.3. The Bertz CT molecular complexity index is 1410. The third-order valence-electron chi connectivity index (χ3n) is 6.23. The second-order valence-electron chi connectivity index (χ2n) is 9.24. The van der Waals surface area contributed by atoms with Crippen LogP contribution in [-0.2, 0) is 39.0 Å². The summed E-state index contributed by atoms with van der Waals surface area (Å²) in [6.07, 6.45) is 9.05. The number of allylic oxidation sites excluding steroid dienone is 2. The second-order valence-corrected chi connectivity index (χ2v) is 9.94. The molecular weight excluding hydrogens is 623 g/mol. The van der Waals surface area contributed by atoms with E-state index in [0.717, 1.165) is 18.9 Å². The van der Waals surface area contributed by atoms with E-state index in [-0.39, 0.29) is 51.0 Å². The molecule has 0 saturated carbocycles. The van der Waals surface area contributed by atoms with Crippen molar-refractivity contribution in [3.05, 3.63) is 155 Å². The first-order chi connectivity index (χ1) is 18.1. The molecule has 0 spiro atoms. The molecule has 7 rings (SSSR count). The summed E-state index contributed by atoms with van der Waals surface area (Å²) in [6, 6.07) is 39.4. The Morgan fingerprint density at radius 3 is 1.35 bits per heavy atom. The van der Waals surface area contributed by atoms with Crippen LogP contribution in [0.2, 0.25) is 6.04 Å². The normalized spacial score (nSPS) is 11.6. The second kappa shape index (κ2) is 18.3. The van der Waals surface area contributed by atoms with E-state index in [0.29, 0.717) is 0 Å². The quantitative estimate of drug-likeness (QED) is 0.115. The fourth-order valence-electron chi connectivity index (χ4n) is 4.65. The Labute approximate surface area is 275 Å². The van der Waals surface area contributed by atoms with Crippen LogP contribution in [0.4, 0.5) is 0 Å². The minimum absolute atomic E-state index is 0. The molecule has 0 aliphatic heterocycles. The smallest absolute Gasteiger partial charge is 0.184 e. The molecule has 0 bridgehead atoms. The van der Waals surface area contributed by atoms with Gasteiger partial charge in [-0.15, -0.1) is 82.1 Å². The number of hydrogen-bond acceptors (Lipinski definition) is 0. The van der Waals surface area contributed by atoms with Crippen LogP contribution < -0.4 is 0 Å². The van der Waals surface area contributed by atoms with E-state index in [2.05, 4.69) is 115 Å². The number of rotatable bonds is 0. The number of hydrogen-bond donors (Lipinski definition) is 0. The molecule has 4 radical (unpaired) electrons. The summed E-state index contributed by atoms with van der Waals surface area (Å²) in [5.74, 6) is 0. The van der Waals surface area contributed by atoms with Gasteiger partial charge < -0.3 is 0 Å². The summed E-state index contributed by atoms with van der Waals surface area (Å²) < 4.78 is 0. The number of benzene rings is 5. The van der Waals surface area contributed by atoms with Gasteiger partial charge in [-0.05, 0) is 0 Å². The van der Waals surface area contributed by atoms with Crippen molar-refractivity contribution in [3.8, 4) is 0 Å². The van der Waals surface area contributed by atoms with Crippen molar-refractivity contribution < 1.29 is 26.2 Å². The molecule has 2 aliphatic rings. The molecule has 0 heterocycles. The molecule has 0 atom stereocenters. The van der Waals surface area contributed by atoms with Crippen LogP contribution in [0.25, 0.3) is 21.5 Å². The molecule has 200 valence electrons. The fraction of sp³-hybridized carbons (Fsp3) is 0.167. The zero-order chi connectivity index (χ0) is 26.0. The van der Waals surface area contributed by atoms with Crippen LogP contribution in [0, 0.1) is 18.2 Å². The van der Waals surface area contributed by atoms with Crippen molar-refractivity contribution in [2.75, 3.05) is 0 Å². The fourth-order valence-corrected chi connectivity index (χ4v) is 4.65. The summed E-state index contributed by atoms with van der Waals surface area (Å²) in [6.45, 7) is 6.33. The maximum atomic E-state index is 3.46. The standard InChI is InChI=1S/2C14H11.C6H5.C2H5Si.2ClH.Zr/c2*1-10-8-12-7-6-11-4-2-3-5-13(11)14(12)9-10;1-2-4-6-5-3-1;1-2-3;;;/h2*2-7H,8H2,1H3;1-5H;2H2,1H3;2*1H;/q3*-1;;;;+3. The van der Waals surface area contributed by atoms with E-state index in [1.807, 2.05) is 37.3 Å². The van der Waals surface area contributed by atoms with Crippen molar-refractivity contribution in [2.45, 2.75) is 39.7 Å². The molecule has 0 saturated heterocycles. The van der Waals surface area contributed by atoms with Gasteiger partial charge in [0, 0.05) is 10.2 Å². The molecule has 5 aromatic carbocycles. The molecule has 0 amide bonds. The minimum Gasteiger partial charge on any atom is -0.184 e. The molecule has 0 N–H and O–H groups in total. The van der Waals surface area contributed by atoms with Gasteiger partial charge in [-0.2, -0.15) is 59.7 Å².